The van der Waals surface area contributed by atoms with Crippen molar-refractivity contribution in [1.29, 1.82) is 0 Å². The fourth-order valence-corrected chi connectivity index (χ4v) is 4.38. The van der Waals surface area contributed by atoms with Gasteiger partial charge in [-0.25, -0.2) is 14.4 Å². The molecule has 4 rings (SSSR count). The average molecular weight is 562 g/mol. The van der Waals surface area contributed by atoms with Crippen LogP contribution < -0.4 is 15.1 Å². The van der Waals surface area contributed by atoms with Crippen LogP contribution in [0.4, 0.5) is 34.8 Å². The molecule has 2 N–H and O–H groups in total. The second-order valence-electron chi connectivity index (χ2n) is 9.06. The summed E-state index contributed by atoms with van der Waals surface area (Å²) in [5, 5.41) is 12.0. The van der Waals surface area contributed by atoms with E-state index in [1.807, 2.05) is 17.9 Å². The van der Waals surface area contributed by atoms with Gasteiger partial charge in [0.2, 0.25) is 5.91 Å². The molecule has 13 heteroatoms. The van der Waals surface area contributed by atoms with E-state index in [-0.39, 0.29) is 24.7 Å². The minimum Gasteiger partial charge on any atom is -0.395 e. The Labute approximate surface area is 227 Å². The number of amides is 2. The Balaban J connectivity index is 1.71. The Morgan fingerprint density at radius 1 is 1.15 bits per heavy atom. The molecule has 3 heterocycles. The second kappa shape index (κ2) is 12.0. The number of alkyl halides is 3. The lowest BCUT2D eigenvalue weighted by molar-refractivity contribution is -0.143. The highest BCUT2D eigenvalue weighted by Gasteiger charge is 2.37. The topological polar surface area (TPSA) is 108 Å². The van der Waals surface area contributed by atoms with E-state index in [2.05, 4.69) is 15.3 Å². The van der Waals surface area contributed by atoms with Crippen molar-refractivity contribution in [3.63, 3.8) is 0 Å². The van der Waals surface area contributed by atoms with Gasteiger partial charge in [0.1, 0.15) is 0 Å². The van der Waals surface area contributed by atoms with Gasteiger partial charge in [0.05, 0.1) is 37.6 Å². The zero-order chi connectivity index (χ0) is 29.0. The third-order valence-corrected chi connectivity index (χ3v) is 6.37. The molecule has 3 aromatic rings. The summed E-state index contributed by atoms with van der Waals surface area (Å²) >= 11 is 0. The van der Waals surface area contributed by atoms with Crippen LogP contribution in [0, 0.1) is 12.7 Å². The molecule has 212 valence electrons. The van der Waals surface area contributed by atoms with E-state index in [0.29, 0.717) is 48.9 Å². The second-order valence-corrected chi connectivity index (χ2v) is 9.06. The summed E-state index contributed by atoms with van der Waals surface area (Å²) in [5.41, 5.74) is 0.393. The number of hydrogen-bond donors (Lipinski definition) is 2. The predicted octanol–water partition coefficient (Wildman–Crippen LogP) is 4.04. The molecule has 0 bridgehead atoms. The molecule has 0 spiro atoms. The standard InChI is InChI=1S/C27H27F4N5O4/c1-16-3-4-19(34-26(39)20-5-6-32-24(23(20)28)27(29,30)31)14-21(16)18-13-22(35-8-11-40-12-9-35)25(33-15-18)36(7-10-37)17(2)38/h3-6,13-15,37H,7-12H2,1-2H3,(H,34,39). The van der Waals surface area contributed by atoms with E-state index in [1.165, 1.54) is 11.8 Å². The number of aromatic nitrogens is 2. The number of pyridine rings is 2. The van der Waals surface area contributed by atoms with Gasteiger partial charge in [0, 0.05) is 43.7 Å². The number of hydrogen-bond acceptors (Lipinski definition) is 7. The maximum atomic E-state index is 14.5. The fourth-order valence-electron chi connectivity index (χ4n) is 4.38. The Hall–Kier alpha value is -4.10. The molecule has 1 fully saturated rings. The summed E-state index contributed by atoms with van der Waals surface area (Å²) in [6.45, 7) is 5.07. The van der Waals surface area contributed by atoms with Gasteiger partial charge in [-0.05, 0) is 42.3 Å². The van der Waals surface area contributed by atoms with Crippen molar-refractivity contribution in [1.82, 2.24) is 9.97 Å². The number of halogens is 4. The van der Waals surface area contributed by atoms with Crippen LogP contribution in [0.25, 0.3) is 11.1 Å². The van der Waals surface area contributed by atoms with Crippen LogP contribution in [0.3, 0.4) is 0 Å². The van der Waals surface area contributed by atoms with Crippen LogP contribution in [0.5, 0.6) is 0 Å². The smallest absolute Gasteiger partial charge is 0.395 e. The van der Waals surface area contributed by atoms with Crippen molar-refractivity contribution < 1.29 is 37.0 Å². The van der Waals surface area contributed by atoms with Gasteiger partial charge in [-0.1, -0.05) is 6.07 Å². The van der Waals surface area contributed by atoms with Crippen molar-refractivity contribution in [3.05, 3.63) is 65.4 Å². The number of rotatable bonds is 7. The maximum Gasteiger partial charge on any atom is 0.436 e. The normalized spacial score (nSPS) is 13.7. The number of aryl methyl sites for hydroxylation is 1. The van der Waals surface area contributed by atoms with Crippen molar-refractivity contribution >= 4 is 29.0 Å². The molecule has 0 saturated carbocycles. The average Bonchev–Trinajstić information content (AvgIpc) is 2.92. The molecule has 2 aromatic heterocycles. The molecule has 40 heavy (non-hydrogen) atoms. The molecule has 9 nitrogen and oxygen atoms in total. The monoisotopic (exact) mass is 561 g/mol. The quantitative estimate of drug-likeness (QED) is 0.419. The molecule has 1 aromatic carbocycles. The molecule has 1 saturated heterocycles. The van der Waals surface area contributed by atoms with Crippen LogP contribution in [0.2, 0.25) is 0 Å². The van der Waals surface area contributed by atoms with E-state index in [4.69, 9.17) is 4.74 Å². The van der Waals surface area contributed by atoms with Gasteiger partial charge in [-0.3, -0.25) is 14.5 Å². The Kier molecular flexibility index (Phi) is 8.64. The lowest BCUT2D eigenvalue weighted by Gasteiger charge is -2.33. The number of morpholine rings is 1. The summed E-state index contributed by atoms with van der Waals surface area (Å²) in [5.74, 6) is -2.74. The number of ether oxygens (including phenoxy) is 1. The first-order valence-corrected chi connectivity index (χ1v) is 12.4. The molecule has 0 aliphatic carbocycles. The Bertz CT molecular complexity index is 1410. The SMILES string of the molecule is CC(=O)N(CCO)c1ncc(-c2cc(NC(=O)c3ccnc(C(F)(F)F)c3F)ccc2C)cc1N1CCOCC1. The minimum atomic E-state index is -5.05. The molecule has 1 aliphatic rings. The minimum absolute atomic E-state index is 0.0567. The van der Waals surface area contributed by atoms with E-state index in [1.54, 1.807) is 24.4 Å². The van der Waals surface area contributed by atoms with Crippen LogP contribution in [0.15, 0.2) is 42.7 Å². The van der Waals surface area contributed by atoms with Gasteiger partial charge in [0.25, 0.3) is 5.91 Å². The highest BCUT2D eigenvalue weighted by atomic mass is 19.4. The molecule has 0 radical (unpaired) electrons. The number of nitrogens with zero attached hydrogens (tertiary/aromatic N) is 4. The first-order chi connectivity index (χ1) is 19.0. The van der Waals surface area contributed by atoms with E-state index in [0.717, 1.165) is 17.8 Å². The first-order valence-electron chi connectivity index (χ1n) is 12.4. The van der Waals surface area contributed by atoms with Crippen molar-refractivity contribution in [3.8, 4) is 11.1 Å². The Morgan fingerprint density at radius 2 is 1.88 bits per heavy atom. The van der Waals surface area contributed by atoms with E-state index < -0.39 is 29.2 Å². The molecular weight excluding hydrogens is 534 g/mol. The van der Waals surface area contributed by atoms with Gasteiger partial charge >= 0.3 is 6.18 Å². The van der Waals surface area contributed by atoms with Crippen LogP contribution >= 0.6 is 0 Å². The van der Waals surface area contributed by atoms with Gasteiger partial charge in [-0.2, -0.15) is 13.2 Å². The molecule has 2 amide bonds. The number of aliphatic hydroxyl groups is 1. The first kappa shape index (κ1) is 28.9. The van der Waals surface area contributed by atoms with Crippen molar-refractivity contribution in [2.24, 2.45) is 0 Å². The fraction of sp³-hybridized carbons (Fsp3) is 0.333. The summed E-state index contributed by atoms with van der Waals surface area (Å²) in [4.78, 5) is 36.0. The number of aliphatic hydroxyl groups excluding tert-OH is 1. The number of nitrogens with one attached hydrogen (secondary N) is 1. The zero-order valence-electron chi connectivity index (χ0n) is 21.8. The number of carbonyl (C=O) groups is 2. The predicted molar refractivity (Wildman–Crippen MR) is 140 cm³/mol. The zero-order valence-corrected chi connectivity index (χ0v) is 21.8. The summed E-state index contributed by atoms with van der Waals surface area (Å²) in [6.07, 6.45) is -2.77. The number of carbonyl (C=O) groups excluding carboxylic acids is 2. The van der Waals surface area contributed by atoms with Crippen molar-refractivity contribution in [2.75, 3.05) is 54.6 Å². The van der Waals surface area contributed by atoms with Crippen molar-refractivity contribution in [2.45, 2.75) is 20.0 Å². The van der Waals surface area contributed by atoms with Crippen LogP contribution in [-0.2, 0) is 15.7 Å². The number of benzene rings is 1. The molecular formula is C27H27F4N5O4. The van der Waals surface area contributed by atoms with Gasteiger partial charge < -0.3 is 20.1 Å². The van der Waals surface area contributed by atoms with Crippen LogP contribution in [-0.4, -0.2) is 66.3 Å². The van der Waals surface area contributed by atoms with Gasteiger partial charge in [0.15, 0.2) is 17.3 Å². The molecule has 0 atom stereocenters. The van der Waals surface area contributed by atoms with Crippen LogP contribution in [0.1, 0.15) is 28.5 Å². The summed E-state index contributed by atoms with van der Waals surface area (Å²) in [6, 6.07) is 7.56. The third-order valence-electron chi connectivity index (χ3n) is 6.37. The summed E-state index contributed by atoms with van der Waals surface area (Å²) in [7, 11) is 0. The number of anilines is 3. The van der Waals surface area contributed by atoms with E-state index in [9.17, 15) is 32.3 Å². The third kappa shape index (κ3) is 6.20. The molecule has 0 unspecified atom stereocenters. The van der Waals surface area contributed by atoms with E-state index >= 15 is 0 Å². The summed E-state index contributed by atoms with van der Waals surface area (Å²) < 4.78 is 59.1. The van der Waals surface area contributed by atoms with Gasteiger partial charge in [-0.15, -0.1) is 0 Å². The highest BCUT2D eigenvalue weighted by Crippen LogP contribution is 2.35. The highest BCUT2D eigenvalue weighted by molar-refractivity contribution is 6.05. The Morgan fingerprint density at radius 3 is 2.52 bits per heavy atom. The maximum absolute atomic E-state index is 14.5. The lowest BCUT2D eigenvalue weighted by Crippen LogP contribution is -2.39. The molecule has 1 aliphatic heterocycles. The largest absolute Gasteiger partial charge is 0.436 e. The lowest BCUT2D eigenvalue weighted by atomic mass is 10.00.